The van der Waals surface area contributed by atoms with Gasteiger partial charge in [-0.05, 0) is 24.6 Å². The van der Waals surface area contributed by atoms with E-state index in [1.54, 1.807) is 18.2 Å². The van der Waals surface area contributed by atoms with Crippen LogP contribution in [0.2, 0.25) is 0 Å². The van der Waals surface area contributed by atoms with Crippen LogP contribution in [-0.2, 0) is 9.63 Å². The molecule has 0 aliphatic rings. The van der Waals surface area contributed by atoms with Crippen molar-refractivity contribution in [2.75, 3.05) is 13.2 Å². The molecule has 0 fully saturated rings. The maximum atomic E-state index is 11.7. The lowest BCUT2D eigenvalue weighted by Gasteiger charge is -2.07. The number of amides is 2. The first-order valence-corrected chi connectivity index (χ1v) is 6.87. The summed E-state index contributed by atoms with van der Waals surface area (Å²) in [6.07, 6.45) is 1.94. The Hall–Kier alpha value is -1.40. The van der Waals surface area contributed by atoms with Gasteiger partial charge in [0.05, 0.1) is 0 Å². The first-order chi connectivity index (χ1) is 9.13. The van der Waals surface area contributed by atoms with Crippen molar-refractivity contribution in [3.05, 3.63) is 34.3 Å². The van der Waals surface area contributed by atoms with Crippen molar-refractivity contribution in [3.63, 3.8) is 0 Å². The van der Waals surface area contributed by atoms with Gasteiger partial charge in [-0.25, -0.2) is 5.48 Å². The minimum absolute atomic E-state index is 0.191. The molecular formula is C13H17BrN2O3. The number of halogens is 1. The minimum atomic E-state index is -0.386. The summed E-state index contributed by atoms with van der Waals surface area (Å²) >= 11 is 3.27. The normalized spacial score (nSPS) is 10.0. The maximum absolute atomic E-state index is 11.7. The highest BCUT2D eigenvalue weighted by molar-refractivity contribution is 9.10. The summed E-state index contributed by atoms with van der Waals surface area (Å²) in [6.45, 7) is 2.47. The van der Waals surface area contributed by atoms with Crippen molar-refractivity contribution in [1.29, 1.82) is 0 Å². The van der Waals surface area contributed by atoms with Crippen molar-refractivity contribution in [3.8, 4) is 0 Å². The standard InChI is InChI=1S/C13H17BrN2O3/c1-2-3-7-15-12(17)9-19-16-13(18)10-5-4-6-11(14)8-10/h4-6,8H,2-3,7,9H2,1H3,(H,15,17)(H,16,18). The summed E-state index contributed by atoms with van der Waals surface area (Å²) in [5.74, 6) is -0.634. The zero-order valence-electron chi connectivity index (χ0n) is 10.7. The molecule has 0 unspecified atom stereocenters. The second kappa shape index (κ2) is 8.66. The average molecular weight is 329 g/mol. The molecule has 0 aromatic heterocycles. The fraction of sp³-hybridized carbons (Fsp3) is 0.385. The van der Waals surface area contributed by atoms with E-state index in [2.05, 4.69) is 26.7 Å². The van der Waals surface area contributed by atoms with Gasteiger partial charge in [0.1, 0.15) is 0 Å². The largest absolute Gasteiger partial charge is 0.354 e. The Morgan fingerprint density at radius 3 is 2.84 bits per heavy atom. The lowest BCUT2D eigenvalue weighted by molar-refractivity contribution is -0.127. The third kappa shape index (κ3) is 6.35. The molecule has 0 radical (unpaired) electrons. The molecule has 1 rings (SSSR count). The van der Waals surface area contributed by atoms with E-state index in [9.17, 15) is 9.59 Å². The van der Waals surface area contributed by atoms with Gasteiger partial charge in [0.25, 0.3) is 5.91 Å². The third-order valence-electron chi connectivity index (χ3n) is 2.31. The molecular weight excluding hydrogens is 312 g/mol. The third-order valence-corrected chi connectivity index (χ3v) is 2.80. The molecule has 0 saturated carbocycles. The fourth-order valence-corrected chi connectivity index (χ4v) is 1.71. The van der Waals surface area contributed by atoms with Crippen molar-refractivity contribution >= 4 is 27.7 Å². The van der Waals surface area contributed by atoms with Gasteiger partial charge < -0.3 is 5.32 Å². The van der Waals surface area contributed by atoms with Crippen LogP contribution in [0.25, 0.3) is 0 Å². The topological polar surface area (TPSA) is 67.4 Å². The second-order valence-electron chi connectivity index (χ2n) is 3.93. The van der Waals surface area contributed by atoms with Gasteiger partial charge >= 0.3 is 0 Å². The van der Waals surface area contributed by atoms with E-state index in [4.69, 9.17) is 4.84 Å². The molecule has 0 aliphatic carbocycles. The number of hydroxylamine groups is 1. The molecule has 104 valence electrons. The summed E-state index contributed by atoms with van der Waals surface area (Å²) in [5.41, 5.74) is 2.69. The first-order valence-electron chi connectivity index (χ1n) is 6.08. The number of hydrogen-bond acceptors (Lipinski definition) is 3. The van der Waals surface area contributed by atoms with Crippen LogP contribution in [0.15, 0.2) is 28.7 Å². The van der Waals surface area contributed by atoms with Gasteiger partial charge in [-0.1, -0.05) is 35.3 Å². The molecule has 0 atom stereocenters. The number of carbonyl (C=O) groups excluding carboxylic acids is 2. The number of hydrogen-bond donors (Lipinski definition) is 2. The molecule has 5 nitrogen and oxygen atoms in total. The van der Waals surface area contributed by atoms with E-state index in [-0.39, 0.29) is 18.4 Å². The predicted molar refractivity (Wildman–Crippen MR) is 75.5 cm³/mol. The monoisotopic (exact) mass is 328 g/mol. The molecule has 0 heterocycles. The zero-order valence-corrected chi connectivity index (χ0v) is 12.3. The van der Waals surface area contributed by atoms with Crippen LogP contribution in [0.4, 0.5) is 0 Å². The van der Waals surface area contributed by atoms with Gasteiger partial charge in [0.15, 0.2) is 6.61 Å². The van der Waals surface area contributed by atoms with Gasteiger partial charge in [-0.3, -0.25) is 14.4 Å². The smallest absolute Gasteiger partial charge is 0.274 e. The second-order valence-corrected chi connectivity index (χ2v) is 4.85. The Kier molecular flexibility index (Phi) is 7.14. The van der Waals surface area contributed by atoms with Crippen molar-refractivity contribution in [2.24, 2.45) is 0 Å². The summed E-state index contributed by atoms with van der Waals surface area (Å²) in [4.78, 5) is 27.8. The molecule has 1 aromatic rings. The SMILES string of the molecule is CCCCNC(=O)CONC(=O)c1cccc(Br)c1. The number of nitrogens with one attached hydrogen (secondary N) is 2. The zero-order chi connectivity index (χ0) is 14.1. The highest BCUT2D eigenvalue weighted by atomic mass is 79.9. The van der Waals surface area contributed by atoms with Crippen LogP contribution in [0.1, 0.15) is 30.1 Å². The number of unbranched alkanes of at least 4 members (excludes halogenated alkanes) is 1. The van der Waals surface area contributed by atoms with Crippen molar-refractivity contribution in [1.82, 2.24) is 10.8 Å². The summed E-state index contributed by atoms with van der Waals surface area (Å²) in [5, 5.41) is 2.68. The van der Waals surface area contributed by atoms with Crippen molar-refractivity contribution in [2.45, 2.75) is 19.8 Å². The van der Waals surface area contributed by atoms with E-state index >= 15 is 0 Å². The van der Waals surface area contributed by atoms with E-state index in [1.165, 1.54) is 0 Å². The van der Waals surface area contributed by atoms with Crippen LogP contribution < -0.4 is 10.8 Å². The summed E-state index contributed by atoms with van der Waals surface area (Å²) in [6, 6.07) is 6.89. The van der Waals surface area contributed by atoms with E-state index in [0.29, 0.717) is 12.1 Å². The molecule has 2 N–H and O–H groups in total. The quantitative estimate of drug-likeness (QED) is 0.594. The van der Waals surface area contributed by atoms with Gasteiger partial charge in [-0.2, -0.15) is 0 Å². The molecule has 2 amide bonds. The number of benzene rings is 1. The van der Waals surface area contributed by atoms with Crippen LogP contribution in [0.5, 0.6) is 0 Å². The highest BCUT2D eigenvalue weighted by Gasteiger charge is 2.07. The Morgan fingerprint density at radius 2 is 2.16 bits per heavy atom. The highest BCUT2D eigenvalue weighted by Crippen LogP contribution is 2.11. The Balaban J connectivity index is 2.25. The van der Waals surface area contributed by atoms with Gasteiger partial charge in [0, 0.05) is 16.6 Å². The molecule has 19 heavy (non-hydrogen) atoms. The average Bonchev–Trinajstić information content (AvgIpc) is 2.39. The van der Waals surface area contributed by atoms with Gasteiger partial charge in [0.2, 0.25) is 5.91 Å². The fourth-order valence-electron chi connectivity index (χ4n) is 1.31. The number of rotatable bonds is 7. The summed E-state index contributed by atoms with van der Waals surface area (Å²) < 4.78 is 0.803. The lowest BCUT2D eigenvalue weighted by Crippen LogP contribution is -2.33. The Morgan fingerprint density at radius 1 is 1.37 bits per heavy atom. The molecule has 0 saturated heterocycles. The van der Waals surface area contributed by atoms with E-state index in [0.717, 1.165) is 17.3 Å². The number of carbonyl (C=O) groups is 2. The maximum Gasteiger partial charge on any atom is 0.274 e. The van der Waals surface area contributed by atoms with Gasteiger partial charge in [-0.15, -0.1) is 0 Å². The predicted octanol–water partition coefficient (Wildman–Crippen LogP) is 2.03. The molecule has 1 aromatic carbocycles. The lowest BCUT2D eigenvalue weighted by atomic mass is 10.2. The molecule has 6 heteroatoms. The first kappa shape index (κ1) is 15.7. The Labute approximate surface area is 120 Å². The van der Waals surface area contributed by atoms with E-state index < -0.39 is 0 Å². The Bertz CT molecular complexity index is 438. The van der Waals surface area contributed by atoms with Crippen LogP contribution in [-0.4, -0.2) is 25.0 Å². The molecule has 0 aliphatic heterocycles. The summed E-state index contributed by atoms with van der Waals surface area (Å²) in [7, 11) is 0. The van der Waals surface area contributed by atoms with Crippen LogP contribution >= 0.6 is 15.9 Å². The van der Waals surface area contributed by atoms with E-state index in [1.807, 2.05) is 13.0 Å². The van der Waals surface area contributed by atoms with Crippen molar-refractivity contribution < 1.29 is 14.4 Å². The van der Waals surface area contributed by atoms with Crippen LogP contribution in [0.3, 0.4) is 0 Å². The molecule has 0 bridgehead atoms. The van der Waals surface area contributed by atoms with Crippen LogP contribution in [0, 0.1) is 0 Å². The minimum Gasteiger partial charge on any atom is -0.354 e. The molecule has 0 spiro atoms.